The molecule has 4 amide bonds. The van der Waals surface area contributed by atoms with E-state index in [1.165, 1.54) is 0 Å². The number of carbonyl (C=O) groups excluding carboxylic acids is 3. The molecule has 1 atom stereocenters. The molecule has 0 aromatic carbocycles. The minimum atomic E-state index is -0.632. The first-order valence-corrected chi connectivity index (χ1v) is 9.37. The minimum Gasteiger partial charge on any atom is -0.335 e. The molecule has 0 aliphatic heterocycles. The highest BCUT2D eigenvalue weighted by molar-refractivity contribution is 9.10. The number of rotatable bonds is 6. The summed E-state index contributed by atoms with van der Waals surface area (Å²) in [5.41, 5.74) is 0. The van der Waals surface area contributed by atoms with Gasteiger partial charge in [0.25, 0.3) is 0 Å². The van der Waals surface area contributed by atoms with Crippen LogP contribution < -0.4 is 16.0 Å². The molecule has 0 spiro atoms. The predicted molar refractivity (Wildman–Crippen MR) is 102 cm³/mol. The number of aromatic nitrogens is 1. The van der Waals surface area contributed by atoms with E-state index in [1.807, 2.05) is 0 Å². The van der Waals surface area contributed by atoms with Gasteiger partial charge in [-0.2, -0.15) is 0 Å². The van der Waals surface area contributed by atoms with Crippen LogP contribution in [0.15, 0.2) is 22.8 Å². The van der Waals surface area contributed by atoms with Crippen LogP contribution >= 0.6 is 15.9 Å². The Morgan fingerprint density at radius 3 is 2.62 bits per heavy atom. The Kier molecular flexibility index (Phi) is 7.52. The van der Waals surface area contributed by atoms with Crippen LogP contribution in [0.5, 0.6) is 0 Å². The zero-order valence-corrected chi connectivity index (χ0v) is 16.5. The molecule has 1 unspecified atom stereocenters. The highest BCUT2D eigenvalue weighted by Gasteiger charge is 2.23. The molecule has 1 heterocycles. The normalized spacial score (nSPS) is 15.5. The van der Waals surface area contributed by atoms with Gasteiger partial charge in [-0.3, -0.25) is 19.8 Å². The standard InChI is InChI=1S/C17H24BrN5O3/c1-11(16(25)22-17(26)20-13-5-3-4-6-13)23(2)10-15(24)21-14-8-7-12(18)9-19-14/h7-9,11,13H,3-6,10H2,1-2H3,(H,19,21,24)(H2,20,22,25,26). The summed E-state index contributed by atoms with van der Waals surface area (Å²) in [6, 6.07) is 2.47. The molecule has 1 aliphatic carbocycles. The van der Waals surface area contributed by atoms with E-state index < -0.39 is 18.0 Å². The maximum absolute atomic E-state index is 12.2. The number of likely N-dealkylation sites (N-methyl/N-ethyl adjacent to an activating group) is 1. The summed E-state index contributed by atoms with van der Waals surface area (Å²) < 4.78 is 0.814. The number of imide groups is 1. The Balaban J connectivity index is 1.76. The van der Waals surface area contributed by atoms with E-state index in [0.29, 0.717) is 5.82 Å². The Morgan fingerprint density at radius 1 is 1.31 bits per heavy atom. The van der Waals surface area contributed by atoms with Gasteiger partial charge in [-0.1, -0.05) is 12.8 Å². The second kappa shape index (κ2) is 9.63. The molecule has 3 N–H and O–H groups in total. The van der Waals surface area contributed by atoms with Gasteiger partial charge in [0, 0.05) is 16.7 Å². The van der Waals surface area contributed by atoms with E-state index in [1.54, 1.807) is 37.2 Å². The Hall–Kier alpha value is -2.00. The van der Waals surface area contributed by atoms with Gasteiger partial charge in [-0.15, -0.1) is 0 Å². The second-order valence-electron chi connectivity index (χ2n) is 6.45. The zero-order chi connectivity index (χ0) is 19.1. The summed E-state index contributed by atoms with van der Waals surface area (Å²) in [7, 11) is 1.65. The molecule has 1 fully saturated rings. The van der Waals surface area contributed by atoms with Crippen molar-refractivity contribution in [3.05, 3.63) is 22.8 Å². The van der Waals surface area contributed by atoms with E-state index in [9.17, 15) is 14.4 Å². The fourth-order valence-corrected chi connectivity index (χ4v) is 2.94. The SMILES string of the molecule is CC(C(=O)NC(=O)NC1CCCC1)N(C)CC(=O)Nc1ccc(Br)cn1. The molecule has 26 heavy (non-hydrogen) atoms. The van der Waals surface area contributed by atoms with Crippen LogP contribution in [0.4, 0.5) is 10.6 Å². The highest BCUT2D eigenvalue weighted by Crippen LogP contribution is 2.17. The Morgan fingerprint density at radius 2 is 2.00 bits per heavy atom. The number of pyridine rings is 1. The van der Waals surface area contributed by atoms with Gasteiger partial charge in [0.1, 0.15) is 5.82 Å². The van der Waals surface area contributed by atoms with Crippen LogP contribution in [0.1, 0.15) is 32.6 Å². The molecule has 9 heteroatoms. The first-order chi connectivity index (χ1) is 12.3. The maximum atomic E-state index is 12.2. The predicted octanol–water partition coefficient (Wildman–Crippen LogP) is 1.87. The molecule has 1 aromatic heterocycles. The number of nitrogens with one attached hydrogen (secondary N) is 3. The van der Waals surface area contributed by atoms with Crippen LogP contribution in [-0.4, -0.2) is 53.4 Å². The maximum Gasteiger partial charge on any atom is 0.321 e. The number of nitrogens with zero attached hydrogens (tertiary/aromatic N) is 2. The largest absolute Gasteiger partial charge is 0.335 e. The third kappa shape index (κ3) is 6.38. The van der Waals surface area contributed by atoms with Crippen LogP contribution in [0.3, 0.4) is 0 Å². The molecular weight excluding hydrogens is 402 g/mol. The number of hydrogen-bond acceptors (Lipinski definition) is 5. The molecule has 2 rings (SSSR count). The summed E-state index contributed by atoms with van der Waals surface area (Å²) >= 11 is 3.27. The first kappa shape index (κ1) is 20.3. The molecule has 142 valence electrons. The number of hydrogen-bond donors (Lipinski definition) is 3. The molecule has 0 radical (unpaired) electrons. The van der Waals surface area contributed by atoms with Crippen molar-refractivity contribution in [3.63, 3.8) is 0 Å². The number of carbonyl (C=O) groups is 3. The van der Waals surface area contributed by atoms with Gasteiger partial charge < -0.3 is 10.6 Å². The lowest BCUT2D eigenvalue weighted by Crippen LogP contribution is -2.51. The van der Waals surface area contributed by atoms with Gasteiger partial charge in [0.2, 0.25) is 11.8 Å². The van der Waals surface area contributed by atoms with Crippen molar-refractivity contribution in [2.24, 2.45) is 0 Å². The van der Waals surface area contributed by atoms with Crippen molar-refractivity contribution in [1.82, 2.24) is 20.5 Å². The molecule has 1 saturated carbocycles. The monoisotopic (exact) mass is 425 g/mol. The van der Waals surface area contributed by atoms with E-state index in [4.69, 9.17) is 0 Å². The lowest BCUT2D eigenvalue weighted by Gasteiger charge is -2.23. The summed E-state index contributed by atoms with van der Waals surface area (Å²) in [5, 5.41) is 7.80. The van der Waals surface area contributed by atoms with Crippen molar-refractivity contribution in [3.8, 4) is 0 Å². The molecule has 8 nitrogen and oxygen atoms in total. The first-order valence-electron chi connectivity index (χ1n) is 8.58. The number of amides is 4. The highest BCUT2D eigenvalue weighted by atomic mass is 79.9. The Labute approximate surface area is 161 Å². The molecule has 0 saturated heterocycles. The third-order valence-electron chi connectivity index (χ3n) is 4.36. The van der Waals surface area contributed by atoms with Crippen molar-refractivity contribution >= 4 is 39.6 Å². The van der Waals surface area contributed by atoms with Gasteiger partial charge in [-0.25, -0.2) is 9.78 Å². The fraction of sp³-hybridized carbons (Fsp3) is 0.529. The molecular formula is C17H24BrN5O3. The van der Waals surface area contributed by atoms with Gasteiger partial charge in [0.05, 0.1) is 12.6 Å². The zero-order valence-electron chi connectivity index (χ0n) is 14.9. The van der Waals surface area contributed by atoms with Crippen molar-refractivity contribution in [1.29, 1.82) is 0 Å². The van der Waals surface area contributed by atoms with E-state index in [-0.39, 0.29) is 18.5 Å². The average Bonchev–Trinajstić information content (AvgIpc) is 3.08. The van der Waals surface area contributed by atoms with Crippen LogP contribution in [0.2, 0.25) is 0 Å². The number of halogens is 1. The summed E-state index contributed by atoms with van der Waals surface area (Å²) in [6.07, 6.45) is 5.67. The van der Waals surface area contributed by atoms with Crippen LogP contribution in [-0.2, 0) is 9.59 Å². The minimum absolute atomic E-state index is 0.00340. The van der Waals surface area contributed by atoms with E-state index in [2.05, 4.69) is 36.9 Å². The van der Waals surface area contributed by atoms with Crippen molar-refractivity contribution in [2.75, 3.05) is 18.9 Å². The van der Waals surface area contributed by atoms with E-state index in [0.717, 1.165) is 30.2 Å². The molecule has 1 aromatic rings. The fourth-order valence-electron chi connectivity index (χ4n) is 2.70. The molecule has 0 bridgehead atoms. The van der Waals surface area contributed by atoms with Crippen molar-refractivity contribution in [2.45, 2.75) is 44.7 Å². The number of anilines is 1. The number of urea groups is 1. The lowest BCUT2D eigenvalue weighted by molar-refractivity contribution is -0.125. The van der Waals surface area contributed by atoms with Crippen LogP contribution in [0, 0.1) is 0 Å². The summed E-state index contributed by atoms with van der Waals surface area (Å²) in [5.74, 6) is -0.311. The summed E-state index contributed by atoms with van der Waals surface area (Å²) in [6.45, 7) is 1.64. The van der Waals surface area contributed by atoms with Gasteiger partial charge in [0.15, 0.2) is 0 Å². The third-order valence-corrected chi connectivity index (χ3v) is 4.82. The van der Waals surface area contributed by atoms with Gasteiger partial charge >= 0.3 is 6.03 Å². The van der Waals surface area contributed by atoms with E-state index >= 15 is 0 Å². The van der Waals surface area contributed by atoms with Crippen LogP contribution in [0.25, 0.3) is 0 Å². The smallest absolute Gasteiger partial charge is 0.321 e. The average molecular weight is 426 g/mol. The summed E-state index contributed by atoms with van der Waals surface area (Å²) in [4.78, 5) is 41.8. The van der Waals surface area contributed by atoms with Crippen molar-refractivity contribution < 1.29 is 14.4 Å². The van der Waals surface area contributed by atoms with Gasteiger partial charge in [-0.05, 0) is 54.9 Å². The molecule has 1 aliphatic rings. The lowest BCUT2D eigenvalue weighted by atomic mass is 10.2. The Bertz CT molecular complexity index is 646. The second-order valence-corrected chi connectivity index (χ2v) is 7.36. The topological polar surface area (TPSA) is 103 Å². The quantitative estimate of drug-likeness (QED) is 0.645.